The first-order valence-electron chi connectivity index (χ1n) is 6.18. The molecule has 8 heteroatoms. The van der Waals surface area contributed by atoms with Crippen LogP contribution in [0.1, 0.15) is 24.4 Å². The molecule has 0 aliphatic carbocycles. The van der Waals surface area contributed by atoms with Gasteiger partial charge >= 0.3 is 0 Å². The van der Waals surface area contributed by atoms with Crippen molar-refractivity contribution in [2.45, 2.75) is 26.3 Å². The van der Waals surface area contributed by atoms with Crippen molar-refractivity contribution in [2.75, 3.05) is 18.1 Å². The maximum Gasteiger partial charge on any atom is 0.233 e. The molecule has 0 aromatic carbocycles. The zero-order chi connectivity index (χ0) is 13.4. The van der Waals surface area contributed by atoms with Gasteiger partial charge in [0, 0.05) is 6.54 Å². The van der Waals surface area contributed by atoms with Gasteiger partial charge in [0.15, 0.2) is 10.6 Å². The molecule has 0 saturated heterocycles. The van der Waals surface area contributed by atoms with Gasteiger partial charge in [0.25, 0.3) is 0 Å². The molecule has 0 amide bonds. The SMILES string of the molecule is Cc1nnc2n1Cc1[nH]c(Br)nc1N2CCCCF. The summed E-state index contributed by atoms with van der Waals surface area (Å²) in [5, 5.41) is 8.31. The summed E-state index contributed by atoms with van der Waals surface area (Å²) in [6.45, 7) is 3.00. The number of unbranched alkanes of at least 4 members (excludes halogenated alkanes) is 1. The van der Waals surface area contributed by atoms with E-state index in [0.29, 0.717) is 24.2 Å². The van der Waals surface area contributed by atoms with Crippen molar-refractivity contribution < 1.29 is 4.39 Å². The average Bonchev–Trinajstić information content (AvgIpc) is 2.92. The standard InChI is InChI=1S/C11H14BrFN6/c1-7-16-17-11-18(5-3-2-4-13)9-8(6-19(7)11)14-10(12)15-9/h2-6H2,1H3,(H,14,15). The van der Waals surface area contributed by atoms with Crippen LogP contribution in [-0.4, -0.2) is 38.0 Å². The number of rotatable bonds is 4. The van der Waals surface area contributed by atoms with E-state index in [1.54, 1.807) is 0 Å². The molecule has 0 spiro atoms. The molecule has 0 unspecified atom stereocenters. The summed E-state index contributed by atoms with van der Waals surface area (Å²) in [5.74, 6) is 2.50. The van der Waals surface area contributed by atoms with Gasteiger partial charge in [0.2, 0.25) is 5.95 Å². The van der Waals surface area contributed by atoms with Gasteiger partial charge in [-0.25, -0.2) is 4.98 Å². The molecule has 0 atom stereocenters. The highest BCUT2D eigenvalue weighted by Gasteiger charge is 2.28. The van der Waals surface area contributed by atoms with Crippen molar-refractivity contribution in [1.29, 1.82) is 0 Å². The van der Waals surface area contributed by atoms with Crippen molar-refractivity contribution in [2.24, 2.45) is 0 Å². The highest BCUT2D eigenvalue weighted by molar-refractivity contribution is 9.10. The van der Waals surface area contributed by atoms with E-state index in [4.69, 9.17) is 0 Å². The molecule has 0 bridgehead atoms. The van der Waals surface area contributed by atoms with E-state index >= 15 is 0 Å². The van der Waals surface area contributed by atoms with Gasteiger partial charge in [-0.3, -0.25) is 13.9 Å². The number of aryl methyl sites for hydroxylation is 1. The van der Waals surface area contributed by atoms with Gasteiger partial charge in [0.1, 0.15) is 5.82 Å². The van der Waals surface area contributed by atoms with E-state index in [1.807, 2.05) is 16.4 Å². The molecule has 2 aromatic rings. The van der Waals surface area contributed by atoms with Gasteiger partial charge in [-0.2, -0.15) is 0 Å². The van der Waals surface area contributed by atoms with Crippen LogP contribution >= 0.6 is 15.9 Å². The molecule has 3 rings (SSSR count). The predicted molar refractivity (Wildman–Crippen MR) is 72.4 cm³/mol. The number of imidazole rings is 1. The first-order chi connectivity index (χ1) is 9.20. The summed E-state index contributed by atoms with van der Waals surface area (Å²) >= 11 is 3.35. The molecule has 102 valence electrons. The molecule has 1 aliphatic rings. The third-order valence-electron chi connectivity index (χ3n) is 3.22. The zero-order valence-electron chi connectivity index (χ0n) is 10.5. The molecule has 6 nitrogen and oxygen atoms in total. The maximum atomic E-state index is 12.3. The number of alkyl halides is 1. The van der Waals surface area contributed by atoms with Crippen LogP contribution in [0.3, 0.4) is 0 Å². The van der Waals surface area contributed by atoms with E-state index in [-0.39, 0.29) is 6.67 Å². The normalized spacial score (nSPS) is 13.5. The number of nitrogens with zero attached hydrogens (tertiary/aromatic N) is 5. The minimum atomic E-state index is -0.295. The Morgan fingerprint density at radius 3 is 3.00 bits per heavy atom. The Labute approximate surface area is 118 Å². The van der Waals surface area contributed by atoms with E-state index in [9.17, 15) is 4.39 Å². The fraction of sp³-hybridized carbons (Fsp3) is 0.545. The Hall–Kier alpha value is -1.44. The van der Waals surface area contributed by atoms with Crippen LogP contribution < -0.4 is 4.90 Å². The number of halogens is 2. The van der Waals surface area contributed by atoms with Crippen molar-refractivity contribution in [3.8, 4) is 0 Å². The smallest absolute Gasteiger partial charge is 0.233 e. The molecule has 1 N–H and O–H groups in total. The second-order valence-corrected chi connectivity index (χ2v) is 5.26. The van der Waals surface area contributed by atoms with E-state index in [0.717, 1.165) is 29.7 Å². The Morgan fingerprint density at radius 1 is 1.37 bits per heavy atom. The fourth-order valence-corrected chi connectivity index (χ4v) is 2.69. The minimum absolute atomic E-state index is 0.295. The summed E-state index contributed by atoms with van der Waals surface area (Å²) in [7, 11) is 0. The quantitative estimate of drug-likeness (QED) is 0.875. The number of H-pyrrole nitrogens is 1. The number of nitrogens with one attached hydrogen (secondary N) is 1. The van der Waals surface area contributed by atoms with E-state index in [2.05, 4.69) is 36.1 Å². The number of aromatic nitrogens is 5. The molecule has 0 fully saturated rings. The molecule has 2 aromatic heterocycles. The monoisotopic (exact) mass is 328 g/mol. The van der Waals surface area contributed by atoms with E-state index < -0.39 is 0 Å². The molecule has 1 aliphatic heterocycles. The molecule has 0 radical (unpaired) electrons. The Kier molecular flexibility index (Phi) is 3.26. The number of hydrogen-bond acceptors (Lipinski definition) is 4. The second-order valence-electron chi connectivity index (χ2n) is 4.51. The molecular formula is C11H14BrFN6. The molecule has 3 heterocycles. The van der Waals surface area contributed by atoms with Crippen LogP contribution in [0.4, 0.5) is 16.2 Å². The summed E-state index contributed by atoms with van der Waals surface area (Å²) in [6, 6.07) is 0. The topological polar surface area (TPSA) is 62.6 Å². The molecular weight excluding hydrogens is 315 g/mol. The summed E-state index contributed by atoms with van der Waals surface area (Å²) in [6.07, 6.45) is 1.30. The molecule has 0 saturated carbocycles. The van der Waals surface area contributed by atoms with Crippen LogP contribution in [0, 0.1) is 6.92 Å². The lowest BCUT2D eigenvalue weighted by molar-refractivity contribution is 0.462. The number of fused-ring (bicyclic) bond motifs is 2. The first kappa shape index (κ1) is 12.6. The summed E-state index contributed by atoms with van der Waals surface area (Å²) in [4.78, 5) is 9.62. The maximum absolute atomic E-state index is 12.3. The van der Waals surface area contributed by atoms with Crippen LogP contribution in [-0.2, 0) is 6.54 Å². The molecule has 19 heavy (non-hydrogen) atoms. The van der Waals surface area contributed by atoms with Gasteiger partial charge in [0.05, 0.1) is 18.9 Å². The van der Waals surface area contributed by atoms with Gasteiger partial charge < -0.3 is 4.98 Å². The third-order valence-corrected chi connectivity index (χ3v) is 3.60. The summed E-state index contributed by atoms with van der Waals surface area (Å²) < 4.78 is 15.0. The zero-order valence-corrected chi connectivity index (χ0v) is 12.1. The minimum Gasteiger partial charge on any atom is -0.333 e. The Bertz CT molecular complexity index is 590. The lowest BCUT2D eigenvalue weighted by Gasteiger charge is -2.27. The second kappa shape index (κ2) is 4.92. The largest absolute Gasteiger partial charge is 0.333 e. The fourth-order valence-electron chi connectivity index (χ4n) is 2.28. The highest BCUT2D eigenvalue weighted by Crippen LogP contribution is 2.33. The van der Waals surface area contributed by atoms with Crippen molar-refractivity contribution in [3.63, 3.8) is 0 Å². The van der Waals surface area contributed by atoms with Crippen molar-refractivity contribution in [1.82, 2.24) is 24.7 Å². The van der Waals surface area contributed by atoms with Crippen LogP contribution in [0.25, 0.3) is 0 Å². The Morgan fingerprint density at radius 2 is 2.21 bits per heavy atom. The number of aromatic amines is 1. The number of anilines is 2. The number of hydrogen-bond donors (Lipinski definition) is 1. The Balaban J connectivity index is 1.96. The van der Waals surface area contributed by atoms with Gasteiger partial charge in [-0.15, -0.1) is 10.2 Å². The van der Waals surface area contributed by atoms with Crippen molar-refractivity contribution >= 4 is 27.7 Å². The lowest BCUT2D eigenvalue weighted by Crippen LogP contribution is -2.28. The summed E-state index contributed by atoms with van der Waals surface area (Å²) in [5.41, 5.74) is 1.02. The third kappa shape index (κ3) is 2.13. The predicted octanol–water partition coefficient (Wildman–Crippen LogP) is 2.32. The lowest BCUT2D eigenvalue weighted by atomic mass is 10.2. The van der Waals surface area contributed by atoms with Crippen LogP contribution in [0.5, 0.6) is 0 Å². The first-order valence-corrected chi connectivity index (χ1v) is 6.97. The van der Waals surface area contributed by atoms with Gasteiger partial charge in [-0.05, 0) is 35.7 Å². The van der Waals surface area contributed by atoms with Gasteiger partial charge in [-0.1, -0.05) is 0 Å². The van der Waals surface area contributed by atoms with E-state index in [1.165, 1.54) is 0 Å². The van der Waals surface area contributed by atoms with Crippen LogP contribution in [0.15, 0.2) is 4.73 Å². The van der Waals surface area contributed by atoms with Crippen LogP contribution in [0.2, 0.25) is 0 Å². The average molecular weight is 329 g/mol. The highest BCUT2D eigenvalue weighted by atomic mass is 79.9. The van der Waals surface area contributed by atoms with Crippen molar-refractivity contribution in [3.05, 3.63) is 16.3 Å².